The number of rotatable bonds is 4. The van der Waals surface area contributed by atoms with E-state index in [0.29, 0.717) is 0 Å². The van der Waals surface area contributed by atoms with Crippen molar-refractivity contribution in [1.29, 1.82) is 0 Å². The van der Waals surface area contributed by atoms with Crippen molar-refractivity contribution in [2.45, 2.75) is 33.6 Å². The number of hydrogen-bond donors (Lipinski definition) is 0. The van der Waals surface area contributed by atoms with Crippen LogP contribution in [-0.4, -0.2) is 5.78 Å². The van der Waals surface area contributed by atoms with Gasteiger partial charge in [0.25, 0.3) is 0 Å². The van der Waals surface area contributed by atoms with Gasteiger partial charge in [0.15, 0.2) is 5.78 Å². The van der Waals surface area contributed by atoms with Gasteiger partial charge in [0, 0.05) is 0 Å². The summed E-state index contributed by atoms with van der Waals surface area (Å²) in [4.78, 5) is 11.5. The average molecular weight is 202 g/mol. The molecule has 0 amide bonds. The van der Waals surface area contributed by atoms with Crippen LogP contribution < -0.4 is 0 Å². The van der Waals surface area contributed by atoms with Gasteiger partial charge in [-0.1, -0.05) is 43.7 Å². The summed E-state index contributed by atoms with van der Waals surface area (Å²) < 4.78 is 0. The second-order valence-electron chi connectivity index (χ2n) is 3.78. The first-order valence-corrected chi connectivity index (χ1v) is 5.43. The van der Waals surface area contributed by atoms with Crippen LogP contribution in [0.2, 0.25) is 0 Å². The lowest BCUT2D eigenvalue weighted by atomic mass is 9.96. The first-order valence-electron chi connectivity index (χ1n) is 5.43. The lowest BCUT2D eigenvalue weighted by Gasteiger charge is -2.08. The van der Waals surface area contributed by atoms with Crippen LogP contribution in [0.25, 0.3) is 5.57 Å². The van der Waals surface area contributed by atoms with Gasteiger partial charge in [0.2, 0.25) is 0 Å². The van der Waals surface area contributed by atoms with E-state index < -0.39 is 0 Å². The third-order valence-corrected chi connectivity index (χ3v) is 2.58. The molecule has 1 aromatic rings. The molecule has 1 aromatic carbocycles. The number of carbonyl (C=O) groups is 1. The quantitative estimate of drug-likeness (QED) is 0.678. The fourth-order valence-corrected chi connectivity index (χ4v) is 1.74. The molecule has 0 spiro atoms. The van der Waals surface area contributed by atoms with Gasteiger partial charge in [-0.05, 0) is 37.0 Å². The highest BCUT2D eigenvalue weighted by molar-refractivity contribution is 6.00. The minimum atomic E-state index is 0.193. The minimum absolute atomic E-state index is 0.193. The first kappa shape index (κ1) is 11.7. The normalized spacial score (nSPS) is 12.2. The average Bonchev–Trinajstić information content (AvgIpc) is 2.26. The molecule has 0 unspecified atom stereocenters. The molecule has 0 N–H and O–H groups in total. The molecule has 0 saturated heterocycles. The Morgan fingerprint density at radius 3 is 2.20 bits per heavy atom. The van der Waals surface area contributed by atoms with Crippen LogP contribution in [-0.2, 0) is 4.79 Å². The van der Waals surface area contributed by atoms with Crippen molar-refractivity contribution >= 4 is 11.4 Å². The van der Waals surface area contributed by atoms with Crippen LogP contribution in [0.1, 0.15) is 39.2 Å². The maximum atomic E-state index is 11.5. The van der Waals surface area contributed by atoms with E-state index in [9.17, 15) is 4.79 Å². The summed E-state index contributed by atoms with van der Waals surface area (Å²) in [6.45, 7) is 5.78. The Kier molecular flexibility index (Phi) is 4.29. The molecule has 0 saturated carbocycles. The van der Waals surface area contributed by atoms with Gasteiger partial charge in [-0.15, -0.1) is 0 Å². The summed E-state index contributed by atoms with van der Waals surface area (Å²) in [6.07, 6.45) is 1.88. The largest absolute Gasteiger partial charge is 0.295 e. The summed E-state index contributed by atoms with van der Waals surface area (Å²) in [5.74, 6) is 0.193. The second-order valence-corrected chi connectivity index (χ2v) is 3.78. The molecule has 1 heteroatoms. The summed E-state index contributed by atoms with van der Waals surface area (Å²) in [6, 6.07) is 10.1. The predicted octanol–water partition coefficient (Wildman–Crippen LogP) is 3.85. The van der Waals surface area contributed by atoms with E-state index in [-0.39, 0.29) is 5.78 Å². The van der Waals surface area contributed by atoms with E-state index in [1.807, 2.05) is 37.3 Å². The molecule has 1 nitrogen and oxygen atoms in total. The zero-order chi connectivity index (χ0) is 11.3. The molecule has 0 aliphatic carbocycles. The lowest BCUT2D eigenvalue weighted by molar-refractivity contribution is -0.113. The molecule has 0 heterocycles. The van der Waals surface area contributed by atoms with Crippen LogP contribution in [0.15, 0.2) is 35.9 Å². The fourth-order valence-electron chi connectivity index (χ4n) is 1.74. The van der Waals surface area contributed by atoms with Gasteiger partial charge in [-0.2, -0.15) is 0 Å². The highest BCUT2D eigenvalue weighted by Crippen LogP contribution is 2.21. The van der Waals surface area contributed by atoms with Crippen LogP contribution in [0, 0.1) is 0 Å². The standard InChI is InChI=1S/C14H18O/c1-4-8-14(12(3)15)11(2)13-9-6-5-7-10-13/h5-7,9-10H,4,8H2,1-3H3. The van der Waals surface area contributed by atoms with Crippen molar-refractivity contribution in [3.05, 3.63) is 41.5 Å². The molecule has 0 bridgehead atoms. The van der Waals surface area contributed by atoms with Crippen molar-refractivity contribution in [2.24, 2.45) is 0 Å². The van der Waals surface area contributed by atoms with Gasteiger partial charge < -0.3 is 0 Å². The third kappa shape index (κ3) is 3.05. The van der Waals surface area contributed by atoms with Gasteiger partial charge in [0.1, 0.15) is 0 Å². The topological polar surface area (TPSA) is 17.1 Å². The highest BCUT2D eigenvalue weighted by Gasteiger charge is 2.08. The van der Waals surface area contributed by atoms with Crippen molar-refractivity contribution in [2.75, 3.05) is 0 Å². The fraction of sp³-hybridized carbons (Fsp3) is 0.357. The number of allylic oxidation sites excluding steroid dienone is 2. The Morgan fingerprint density at radius 2 is 1.73 bits per heavy atom. The van der Waals surface area contributed by atoms with E-state index in [0.717, 1.165) is 29.6 Å². The van der Waals surface area contributed by atoms with Crippen molar-refractivity contribution in [3.63, 3.8) is 0 Å². The van der Waals surface area contributed by atoms with Crippen LogP contribution in [0.3, 0.4) is 0 Å². The zero-order valence-electron chi connectivity index (χ0n) is 9.71. The Morgan fingerprint density at radius 1 is 1.13 bits per heavy atom. The Bertz CT molecular complexity index is 360. The summed E-state index contributed by atoms with van der Waals surface area (Å²) in [7, 11) is 0. The lowest BCUT2D eigenvalue weighted by Crippen LogP contribution is -1.99. The predicted molar refractivity (Wildman–Crippen MR) is 64.6 cm³/mol. The van der Waals surface area contributed by atoms with Crippen molar-refractivity contribution < 1.29 is 4.79 Å². The number of hydrogen-bond acceptors (Lipinski definition) is 1. The van der Waals surface area contributed by atoms with Gasteiger partial charge in [0.05, 0.1) is 0 Å². The van der Waals surface area contributed by atoms with E-state index in [1.165, 1.54) is 0 Å². The zero-order valence-corrected chi connectivity index (χ0v) is 9.71. The number of carbonyl (C=O) groups excluding carboxylic acids is 1. The molecular formula is C14H18O. The molecular weight excluding hydrogens is 184 g/mol. The summed E-state index contributed by atoms with van der Waals surface area (Å²) >= 11 is 0. The summed E-state index contributed by atoms with van der Waals surface area (Å²) in [5.41, 5.74) is 3.23. The monoisotopic (exact) mass is 202 g/mol. The molecule has 0 atom stereocenters. The highest BCUT2D eigenvalue weighted by atomic mass is 16.1. The Labute approximate surface area is 91.8 Å². The second kappa shape index (κ2) is 5.50. The van der Waals surface area contributed by atoms with E-state index in [4.69, 9.17) is 0 Å². The van der Waals surface area contributed by atoms with E-state index >= 15 is 0 Å². The Balaban J connectivity index is 3.10. The van der Waals surface area contributed by atoms with Gasteiger partial charge in [-0.3, -0.25) is 4.79 Å². The Hall–Kier alpha value is -1.37. The maximum Gasteiger partial charge on any atom is 0.156 e. The molecule has 0 aromatic heterocycles. The van der Waals surface area contributed by atoms with E-state index in [2.05, 4.69) is 6.92 Å². The smallest absolute Gasteiger partial charge is 0.156 e. The third-order valence-electron chi connectivity index (χ3n) is 2.58. The number of Topliss-reactive ketones (excluding diaryl/α,β-unsaturated/α-hetero) is 1. The first-order chi connectivity index (χ1) is 7.16. The molecule has 0 fully saturated rings. The molecule has 0 aliphatic heterocycles. The number of benzene rings is 1. The van der Waals surface area contributed by atoms with Crippen LogP contribution in [0.4, 0.5) is 0 Å². The molecule has 0 radical (unpaired) electrons. The SMILES string of the molecule is CCCC(C(C)=O)=C(C)c1ccccc1. The molecule has 15 heavy (non-hydrogen) atoms. The van der Waals surface area contributed by atoms with Crippen LogP contribution in [0.5, 0.6) is 0 Å². The van der Waals surface area contributed by atoms with Gasteiger partial charge >= 0.3 is 0 Å². The van der Waals surface area contributed by atoms with Gasteiger partial charge in [-0.25, -0.2) is 0 Å². The molecule has 80 valence electrons. The maximum absolute atomic E-state index is 11.5. The van der Waals surface area contributed by atoms with E-state index in [1.54, 1.807) is 6.92 Å². The minimum Gasteiger partial charge on any atom is -0.295 e. The number of ketones is 1. The summed E-state index contributed by atoms with van der Waals surface area (Å²) in [5, 5.41) is 0. The van der Waals surface area contributed by atoms with Crippen molar-refractivity contribution in [1.82, 2.24) is 0 Å². The van der Waals surface area contributed by atoms with Crippen molar-refractivity contribution in [3.8, 4) is 0 Å². The molecule has 1 rings (SSSR count). The molecule has 0 aliphatic rings. The van der Waals surface area contributed by atoms with Crippen LogP contribution >= 0.6 is 0 Å².